The maximum atomic E-state index is 12.5. The van der Waals surface area contributed by atoms with Gasteiger partial charge in [0.25, 0.3) is 0 Å². The molecule has 0 saturated carbocycles. The van der Waals surface area contributed by atoms with Crippen molar-refractivity contribution in [3.8, 4) is 0 Å². The quantitative estimate of drug-likeness (QED) is 0.645. The first-order chi connectivity index (χ1) is 8.28. The molecular weight excluding hydrogens is 241 g/mol. The molecule has 0 rings (SSSR count). The molecule has 0 spiro atoms. The Hall–Kier alpha value is -0.290. The van der Waals surface area contributed by atoms with E-state index in [4.69, 9.17) is 0 Å². The summed E-state index contributed by atoms with van der Waals surface area (Å²) in [6.07, 6.45) is -0.716. The van der Waals surface area contributed by atoms with Crippen molar-refractivity contribution >= 4 is 0 Å². The second-order valence-corrected chi connectivity index (χ2v) is 5.14. The first kappa shape index (κ1) is 17.7. The molecule has 0 radical (unpaired) electrons. The maximum Gasteiger partial charge on any atom is 0.401 e. The highest BCUT2D eigenvalue weighted by Crippen LogP contribution is 2.19. The van der Waals surface area contributed by atoms with Crippen molar-refractivity contribution in [3.63, 3.8) is 0 Å². The highest BCUT2D eigenvalue weighted by molar-refractivity contribution is 4.75. The first-order valence-electron chi connectivity index (χ1n) is 6.81. The van der Waals surface area contributed by atoms with Gasteiger partial charge in [0.2, 0.25) is 0 Å². The Bertz CT molecular complexity index is 205. The fourth-order valence-corrected chi connectivity index (χ4v) is 1.98. The number of rotatable bonds is 9. The number of halogens is 3. The molecule has 1 unspecified atom stereocenters. The summed E-state index contributed by atoms with van der Waals surface area (Å²) in [5.41, 5.74) is 0. The van der Waals surface area contributed by atoms with Crippen LogP contribution in [-0.4, -0.2) is 42.8 Å². The molecule has 1 N–H and O–H groups in total. The monoisotopic (exact) mass is 268 g/mol. The second-order valence-electron chi connectivity index (χ2n) is 5.14. The van der Waals surface area contributed by atoms with Crippen LogP contribution < -0.4 is 5.32 Å². The van der Waals surface area contributed by atoms with Gasteiger partial charge in [-0.05, 0) is 33.7 Å². The summed E-state index contributed by atoms with van der Waals surface area (Å²) in [5, 5.41) is 3.23. The predicted octanol–water partition coefficient (Wildman–Crippen LogP) is 3.43. The van der Waals surface area contributed by atoms with E-state index in [0.29, 0.717) is 6.54 Å². The molecule has 5 heteroatoms. The van der Waals surface area contributed by atoms with Crippen molar-refractivity contribution < 1.29 is 13.2 Å². The molecule has 0 aromatic rings. The highest BCUT2D eigenvalue weighted by atomic mass is 19.4. The zero-order valence-corrected chi connectivity index (χ0v) is 12.0. The van der Waals surface area contributed by atoms with Gasteiger partial charge in [-0.1, -0.05) is 19.8 Å². The van der Waals surface area contributed by atoms with Crippen molar-refractivity contribution in [2.75, 3.05) is 19.6 Å². The average Bonchev–Trinajstić information content (AvgIpc) is 2.24. The molecule has 0 aliphatic rings. The van der Waals surface area contributed by atoms with Gasteiger partial charge in [-0.15, -0.1) is 0 Å². The average molecular weight is 268 g/mol. The molecule has 0 heterocycles. The molecule has 0 aromatic carbocycles. The van der Waals surface area contributed by atoms with E-state index in [2.05, 4.69) is 12.2 Å². The lowest BCUT2D eigenvalue weighted by Crippen LogP contribution is -2.48. The SMILES string of the molecule is CCCCCNCC(C)N(CC(F)(F)F)C(C)C. The number of nitrogens with zero attached hydrogens (tertiary/aromatic N) is 1. The van der Waals surface area contributed by atoms with Gasteiger partial charge in [-0.25, -0.2) is 0 Å². The molecule has 18 heavy (non-hydrogen) atoms. The zero-order chi connectivity index (χ0) is 14.2. The molecule has 0 aromatic heterocycles. The molecule has 110 valence electrons. The van der Waals surface area contributed by atoms with E-state index in [9.17, 15) is 13.2 Å². The molecule has 0 aliphatic carbocycles. The minimum atomic E-state index is -4.12. The summed E-state index contributed by atoms with van der Waals surface area (Å²) in [5.74, 6) is 0. The molecular formula is C13H27F3N2. The molecule has 0 amide bonds. The van der Waals surface area contributed by atoms with Gasteiger partial charge >= 0.3 is 6.18 Å². The van der Waals surface area contributed by atoms with Crippen LogP contribution in [0, 0.1) is 0 Å². The first-order valence-corrected chi connectivity index (χ1v) is 6.81. The Morgan fingerprint density at radius 2 is 1.72 bits per heavy atom. The Balaban J connectivity index is 4.03. The van der Waals surface area contributed by atoms with E-state index in [-0.39, 0.29) is 12.1 Å². The van der Waals surface area contributed by atoms with Crippen LogP contribution in [0.3, 0.4) is 0 Å². The summed E-state index contributed by atoms with van der Waals surface area (Å²) < 4.78 is 37.4. The van der Waals surface area contributed by atoms with Crippen LogP contribution in [0.4, 0.5) is 13.2 Å². The van der Waals surface area contributed by atoms with Crippen LogP contribution in [0.1, 0.15) is 47.0 Å². The summed E-state index contributed by atoms with van der Waals surface area (Å²) in [6.45, 7) is 8.25. The molecule has 2 nitrogen and oxygen atoms in total. The van der Waals surface area contributed by atoms with Gasteiger partial charge in [-0.3, -0.25) is 4.90 Å². The highest BCUT2D eigenvalue weighted by Gasteiger charge is 2.33. The number of hydrogen-bond donors (Lipinski definition) is 1. The lowest BCUT2D eigenvalue weighted by Gasteiger charge is -2.33. The third-order valence-corrected chi connectivity index (χ3v) is 2.99. The van der Waals surface area contributed by atoms with Crippen LogP contribution in [0.5, 0.6) is 0 Å². The van der Waals surface area contributed by atoms with E-state index < -0.39 is 12.7 Å². The summed E-state index contributed by atoms with van der Waals surface area (Å²) in [7, 11) is 0. The Morgan fingerprint density at radius 3 is 2.17 bits per heavy atom. The molecule has 0 fully saturated rings. The van der Waals surface area contributed by atoms with Crippen LogP contribution in [0.25, 0.3) is 0 Å². The van der Waals surface area contributed by atoms with Gasteiger partial charge in [0.15, 0.2) is 0 Å². The van der Waals surface area contributed by atoms with Gasteiger partial charge in [0.05, 0.1) is 6.54 Å². The lowest BCUT2D eigenvalue weighted by atomic mass is 10.2. The third kappa shape index (κ3) is 8.75. The van der Waals surface area contributed by atoms with Crippen molar-refractivity contribution in [3.05, 3.63) is 0 Å². The number of alkyl halides is 3. The minimum Gasteiger partial charge on any atom is -0.315 e. The van der Waals surface area contributed by atoms with Gasteiger partial charge < -0.3 is 5.32 Å². The van der Waals surface area contributed by atoms with Crippen molar-refractivity contribution in [2.24, 2.45) is 0 Å². The summed E-state index contributed by atoms with van der Waals surface area (Å²) in [4.78, 5) is 1.49. The number of nitrogens with one attached hydrogen (secondary N) is 1. The van der Waals surface area contributed by atoms with Crippen LogP contribution in [0.2, 0.25) is 0 Å². The van der Waals surface area contributed by atoms with Gasteiger partial charge in [-0.2, -0.15) is 13.2 Å². The van der Waals surface area contributed by atoms with Gasteiger partial charge in [0.1, 0.15) is 0 Å². The normalized spacial score (nSPS) is 14.5. The van der Waals surface area contributed by atoms with Crippen molar-refractivity contribution in [1.82, 2.24) is 10.2 Å². The topological polar surface area (TPSA) is 15.3 Å². The third-order valence-electron chi connectivity index (χ3n) is 2.99. The summed E-state index contributed by atoms with van der Waals surface area (Å²) in [6, 6.07) is -0.202. The fraction of sp³-hybridized carbons (Fsp3) is 1.00. The zero-order valence-electron chi connectivity index (χ0n) is 12.0. The molecule has 1 atom stereocenters. The Kier molecular flexibility index (Phi) is 8.61. The fourth-order valence-electron chi connectivity index (χ4n) is 1.98. The van der Waals surface area contributed by atoms with E-state index in [1.54, 1.807) is 13.8 Å². The minimum absolute atomic E-state index is 0.0981. The van der Waals surface area contributed by atoms with E-state index in [0.717, 1.165) is 25.8 Å². The molecule has 0 bridgehead atoms. The number of hydrogen-bond acceptors (Lipinski definition) is 2. The van der Waals surface area contributed by atoms with E-state index >= 15 is 0 Å². The smallest absolute Gasteiger partial charge is 0.315 e. The van der Waals surface area contributed by atoms with E-state index in [1.165, 1.54) is 4.90 Å². The largest absolute Gasteiger partial charge is 0.401 e. The van der Waals surface area contributed by atoms with Crippen LogP contribution >= 0.6 is 0 Å². The van der Waals surface area contributed by atoms with Crippen molar-refractivity contribution in [1.29, 1.82) is 0 Å². The lowest BCUT2D eigenvalue weighted by molar-refractivity contribution is -0.154. The van der Waals surface area contributed by atoms with E-state index in [1.807, 2.05) is 6.92 Å². The Morgan fingerprint density at radius 1 is 1.11 bits per heavy atom. The molecule has 0 saturated heterocycles. The number of unbranched alkanes of at least 4 members (excludes halogenated alkanes) is 2. The van der Waals surface area contributed by atoms with Gasteiger partial charge in [0, 0.05) is 18.6 Å². The van der Waals surface area contributed by atoms with Crippen LogP contribution in [0.15, 0.2) is 0 Å². The second kappa shape index (κ2) is 8.75. The van der Waals surface area contributed by atoms with Crippen LogP contribution in [-0.2, 0) is 0 Å². The predicted molar refractivity (Wildman–Crippen MR) is 69.8 cm³/mol. The molecule has 0 aliphatic heterocycles. The summed E-state index contributed by atoms with van der Waals surface area (Å²) >= 11 is 0. The Labute approximate surface area is 109 Å². The maximum absolute atomic E-state index is 12.5. The standard InChI is InChI=1S/C13H27F3N2/c1-5-6-7-8-17-9-12(4)18(11(2)3)10-13(14,15)16/h11-12,17H,5-10H2,1-4H3. The van der Waals surface area contributed by atoms with Crippen molar-refractivity contribution in [2.45, 2.75) is 65.2 Å².